The van der Waals surface area contributed by atoms with E-state index in [9.17, 15) is 18.4 Å². The Morgan fingerprint density at radius 3 is 2.59 bits per heavy atom. The molecule has 4 aromatic heterocycles. The number of aryl methyl sites for hydroxylation is 2. The summed E-state index contributed by atoms with van der Waals surface area (Å²) in [7, 11) is 1.72. The zero-order valence-corrected chi connectivity index (χ0v) is 18.2. The molecule has 0 aromatic carbocycles. The summed E-state index contributed by atoms with van der Waals surface area (Å²) in [6.45, 7) is 3.48. The number of hydrogen-bond acceptors (Lipinski definition) is 6. The maximum atomic E-state index is 13.6. The van der Waals surface area contributed by atoms with Crippen LogP contribution in [0.25, 0.3) is 21.3 Å². The summed E-state index contributed by atoms with van der Waals surface area (Å²) in [5.74, 6) is -1.26. The van der Waals surface area contributed by atoms with Crippen LogP contribution in [0.5, 0.6) is 0 Å². The smallest absolute Gasteiger partial charge is 0.280 e. The van der Waals surface area contributed by atoms with Crippen molar-refractivity contribution in [1.29, 1.82) is 0 Å². The molecule has 2 amide bonds. The van der Waals surface area contributed by atoms with E-state index in [2.05, 4.69) is 20.5 Å². The molecule has 12 heteroatoms. The van der Waals surface area contributed by atoms with Gasteiger partial charge in [0, 0.05) is 29.9 Å². The third-order valence-corrected chi connectivity index (χ3v) is 6.10. The van der Waals surface area contributed by atoms with Crippen molar-refractivity contribution < 1.29 is 18.4 Å². The minimum absolute atomic E-state index is 0.0201. The van der Waals surface area contributed by atoms with E-state index in [0.29, 0.717) is 22.2 Å². The molecule has 0 bridgehead atoms. The predicted octanol–water partition coefficient (Wildman–Crippen LogP) is 3.19. The number of hydrogen-bond donors (Lipinski definition) is 2. The van der Waals surface area contributed by atoms with Crippen LogP contribution >= 0.6 is 11.3 Å². The topological polar surface area (TPSA) is 121 Å². The van der Waals surface area contributed by atoms with E-state index < -0.39 is 23.9 Å². The van der Waals surface area contributed by atoms with Crippen LogP contribution in [0.15, 0.2) is 24.5 Å². The van der Waals surface area contributed by atoms with Gasteiger partial charge in [0.1, 0.15) is 21.9 Å². The average Bonchev–Trinajstić information content (AvgIpc) is 3.39. The zero-order valence-electron chi connectivity index (χ0n) is 17.4. The van der Waals surface area contributed by atoms with Crippen molar-refractivity contribution in [2.24, 2.45) is 12.8 Å². The second-order valence-corrected chi connectivity index (χ2v) is 8.22. The van der Waals surface area contributed by atoms with Gasteiger partial charge in [0.25, 0.3) is 12.3 Å². The molecule has 3 N–H and O–H groups in total. The van der Waals surface area contributed by atoms with Crippen LogP contribution in [-0.4, -0.2) is 36.4 Å². The molecule has 0 atom stereocenters. The highest BCUT2D eigenvalue weighted by atomic mass is 32.1. The Kier molecular flexibility index (Phi) is 5.46. The van der Waals surface area contributed by atoms with Crippen LogP contribution in [0, 0.1) is 13.8 Å². The molecular weight excluding hydrogens is 440 g/mol. The SMILES string of the molecule is Cc1ccn(CC(=O)Nc2c(C(N)=O)sc3nc(C(F)F)cc(-c4cnn(C)c4C)c23)n1. The van der Waals surface area contributed by atoms with Gasteiger partial charge in [-0.3, -0.25) is 19.0 Å². The molecule has 0 aliphatic carbocycles. The Morgan fingerprint density at radius 2 is 2.03 bits per heavy atom. The van der Waals surface area contributed by atoms with Crippen molar-refractivity contribution in [3.63, 3.8) is 0 Å². The highest BCUT2D eigenvalue weighted by molar-refractivity contribution is 7.21. The van der Waals surface area contributed by atoms with E-state index in [0.717, 1.165) is 17.0 Å². The Morgan fingerprint density at radius 1 is 1.28 bits per heavy atom. The van der Waals surface area contributed by atoms with Gasteiger partial charge >= 0.3 is 0 Å². The molecule has 166 valence electrons. The van der Waals surface area contributed by atoms with Gasteiger partial charge in [0.2, 0.25) is 5.91 Å². The summed E-state index contributed by atoms with van der Waals surface area (Å²) in [5.41, 5.74) is 7.65. The molecular formula is C20H19F2N7O2S. The van der Waals surface area contributed by atoms with Crippen LogP contribution in [0.4, 0.5) is 14.5 Å². The number of nitrogens with two attached hydrogens (primary N) is 1. The van der Waals surface area contributed by atoms with Crippen molar-refractivity contribution in [3.05, 3.63) is 46.5 Å². The molecule has 4 aromatic rings. The minimum atomic E-state index is -2.82. The number of nitrogens with zero attached hydrogens (tertiary/aromatic N) is 5. The number of alkyl halides is 2. The van der Waals surface area contributed by atoms with Gasteiger partial charge in [-0.15, -0.1) is 11.3 Å². The number of aromatic nitrogens is 5. The number of amides is 2. The van der Waals surface area contributed by atoms with Crippen LogP contribution in [0.3, 0.4) is 0 Å². The number of pyridine rings is 1. The van der Waals surface area contributed by atoms with Gasteiger partial charge in [-0.25, -0.2) is 13.8 Å². The molecule has 4 rings (SSSR count). The third kappa shape index (κ3) is 3.84. The first-order valence-electron chi connectivity index (χ1n) is 9.50. The van der Waals surface area contributed by atoms with Crippen molar-refractivity contribution >= 4 is 39.1 Å². The Hall–Kier alpha value is -3.67. The monoisotopic (exact) mass is 459 g/mol. The van der Waals surface area contributed by atoms with E-state index in [1.54, 1.807) is 44.0 Å². The van der Waals surface area contributed by atoms with Gasteiger partial charge < -0.3 is 11.1 Å². The molecule has 0 spiro atoms. The summed E-state index contributed by atoms with van der Waals surface area (Å²) < 4.78 is 30.2. The van der Waals surface area contributed by atoms with Crippen LogP contribution in [-0.2, 0) is 18.4 Å². The van der Waals surface area contributed by atoms with Gasteiger partial charge in [0.05, 0.1) is 17.6 Å². The largest absolute Gasteiger partial charge is 0.365 e. The van der Waals surface area contributed by atoms with Crippen molar-refractivity contribution in [2.45, 2.75) is 26.8 Å². The van der Waals surface area contributed by atoms with E-state index >= 15 is 0 Å². The minimum Gasteiger partial charge on any atom is -0.365 e. The molecule has 4 heterocycles. The Bertz CT molecular complexity index is 1360. The van der Waals surface area contributed by atoms with Crippen LogP contribution in [0.1, 0.15) is 33.2 Å². The van der Waals surface area contributed by atoms with Crippen LogP contribution in [0.2, 0.25) is 0 Å². The molecule has 0 radical (unpaired) electrons. The number of rotatable bonds is 6. The van der Waals surface area contributed by atoms with Gasteiger partial charge in [0.15, 0.2) is 0 Å². The highest BCUT2D eigenvalue weighted by Gasteiger charge is 2.26. The number of thiophene rings is 1. The maximum Gasteiger partial charge on any atom is 0.280 e. The quantitative estimate of drug-likeness (QED) is 0.459. The first-order valence-corrected chi connectivity index (χ1v) is 10.3. The van der Waals surface area contributed by atoms with E-state index in [-0.39, 0.29) is 21.9 Å². The number of anilines is 1. The number of carbonyl (C=O) groups is 2. The predicted molar refractivity (Wildman–Crippen MR) is 116 cm³/mol. The lowest BCUT2D eigenvalue weighted by atomic mass is 10.0. The van der Waals surface area contributed by atoms with Crippen molar-refractivity contribution in [3.8, 4) is 11.1 Å². The first-order chi connectivity index (χ1) is 15.2. The summed E-state index contributed by atoms with van der Waals surface area (Å²) in [5, 5.41) is 11.4. The fourth-order valence-electron chi connectivity index (χ4n) is 3.37. The fraction of sp³-hybridized carbons (Fsp3) is 0.250. The summed E-state index contributed by atoms with van der Waals surface area (Å²) in [4.78, 5) is 29.1. The van der Waals surface area contributed by atoms with Crippen LogP contribution < -0.4 is 11.1 Å². The number of fused-ring (bicyclic) bond motifs is 1. The summed E-state index contributed by atoms with van der Waals surface area (Å²) in [6.07, 6.45) is 0.366. The molecule has 0 aliphatic heterocycles. The lowest BCUT2D eigenvalue weighted by Crippen LogP contribution is -2.21. The standard InChI is InChI=1S/C20H19F2N7O2S/c1-9-4-5-29(27-9)8-14(30)26-16-15-11(12-7-24-28(3)10(12)2)6-13(18(21)22)25-20(15)32-17(16)19(23)31/h4-7,18H,8H2,1-3H3,(H2,23,31)(H,26,30). The van der Waals surface area contributed by atoms with E-state index in [4.69, 9.17) is 5.73 Å². The van der Waals surface area contributed by atoms with Crippen molar-refractivity contribution in [1.82, 2.24) is 24.5 Å². The van der Waals surface area contributed by atoms with Gasteiger partial charge in [-0.05, 0) is 31.5 Å². The van der Waals surface area contributed by atoms with Gasteiger partial charge in [-0.1, -0.05) is 0 Å². The lowest BCUT2D eigenvalue weighted by Gasteiger charge is -2.11. The van der Waals surface area contributed by atoms with E-state index in [1.165, 1.54) is 10.7 Å². The van der Waals surface area contributed by atoms with E-state index in [1.807, 2.05) is 0 Å². The lowest BCUT2D eigenvalue weighted by molar-refractivity contribution is -0.116. The maximum absolute atomic E-state index is 13.6. The number of nitrogens with one attached hydrogen (secondary N) is 1. The third-order valence-electron chi connectivity index (χ3n) is 5.00. The normalized spacial score (nSPS) is 11.4. The summed E-state index contributed by atoms with van der Waals surface area (Å²) in [6, 6.07) is 3.00. The molecule has 0 aliphatic rings. The Labute approximate surface area is 184 Å². The second-order valence-electron chi connectivity index (χ2n) is 7.22. The first kappa shape index (κ1) is 21.6. The molecule has 0 unspecified atom stereocenters. The fourth-order valence-corrected chi connectivity index (χ4v) is 4.39. The second kappa shape index (κ2) is 8.11. The summed E-state index contributed by atoms with van der Waals surface area (Å²) >= 11 is 0.854. The van der Waals surface area contributed by atoms with Gasteiger partial charge in [-0.2, -0.15) is 10.2 Å². The molecule has 0 saturated heterocycles. The number of halogens is 2. The number of carbonyl (C=O) groups excluding carboxylic acids is 2. The zero-order chi connectivity index (χ0) is 23.2. The average molecular weight is 459 g/mol. The highest BCUT2D eigenvalue weighted by Crippen LogP contribution is 2.43. The number of primary amides is 1. The van der Waals surface area contributed by atoms with Crippen molar-refractivity contribution in [2.75, 3.05) is 5.32 Å². The molecule has 0 fully saturated rings. The molecule has 32 heavy (non-hydrogen) atoms. The Balaban J connectivity index is 1.90. The molecule has 9 nitrogen and oxygen atoms in total. The molecule has 0 saturated carbocycles.